The van der Waals surface area contributed by atoms with Crippen molar-refractivity contribution in [1.82, 2.24) is 0 Å². The molecule has 1 rings (SSSR count). The van der Waals surface area contributed by atoms with Gasteiger partial charge in [0.05, 0.1) is 6.10 Å². The second kappa shape index (κ2) is 9.11. The highest BCUT2D eigenvalue weighted by Gasteiger charge is 2.78. The Labute approximate surface area is 200 Å². The minimum Gasteiger partial charge on any atom is -0.389 e. The summed E-state index contributed by atoms with van der Waals surface area (Å²) in [6, 6.07) is -3.65. The molecule has 1 atom stereocenters. The molecule has 1 N–H and O–H groups in total. The van der Waals surface area contributed by atoms with Gasteiger partial charge >= 0.3 is 54.1 Å². The van der Waals surface area contributed by atoms with E-state index in [4.69, 9.17) is 0 Å². The molecule has 1 aromatic carbocycles. The molecule has 0 bridgehead atoms. The zero-order valence-electron chi connectivity index (χ0n) is 17.6. The maximum Gasteiger partial charge on any atom is 0.460 e. The van der Waals surface area contributed by atoms with Crippen LogP contribution in [0.25, 0.3) is 0 Å². The fourth-order valence-electron chi connectivity index (χ4n) is 2.86. The Morgan fingerprint density at radius 2 is 0.692 bits per heavy atom. The van der Waals surface area contributed by atoms with Crippen LogP contribution in [0.15, 0.2) is 12.1 Å². The molecular formula is C17H7F21O. The molecule has 0 fully saturated rings. The van der Waals surface area contributed by atoms with E-state index in [2.05, 4.69) is 0 Å². The van der Waals surface area contributed by atoms with Crippen molar-refractivity contribution in [3.05, 3.63) is 34.4 Å². The molecule has 22 heteroatoms. The number of aliphatic hydroxyl groups is 1. The highest BCUT2D eigenvalue weighted by molar-refractivity contribution is 5.48. The van der Waals surface area contributed by atoms with Crippen LogP contribution < -0.4 is 0 Å². The van der Waals surface area contributed by atoms with Gasteiger partial charge in [-0.1, -0.05) is 0 Å². The summed E-state index contributed by atoms with van der Waals surface area (Å²) in [5.41, 5.74) is -14.7. The second-order valence-electron chi connectivity index (χ2n) is 7.60. The van der Waals surface area contributed by atoms with Crippen molar-refractivity contribution in [3.8, 4) is 0 Å². The van der Waals surface area contributed by atoms with Gasteiger partial charge in [-0.25, -0.2) is 0 Å². The van der Waals surface area contributed by atoms with Crippen molar-refractivity contribution in [2.45, 2.75) is 67.1 Å². The van der Waals surface area contributed by atoms with Gasteiger partial charge in [0.15, 0.2) is 0 Å². The van der Waals surface area contributed by atoms with Crippen LogP contribution in [0.5, 0.6) is 0 Å². The van der Waals surface area contributed by atoms with Crippen LogP contribution in [0.2, 0.25) is 0 Å². The van der Waals surface area contributed by atoms with Crippen molar-refractivity contribution in [2.24, 2.45) is 0 Å². The van der Waals surface area contributed by atoms with Crippen LogP contribution in [-0.4, -0.2) is 41.4 Å². The Hall–Kier alpha value is -2.29. The number of aliphatic hydroxyl groups excluding tert-OH is 1. The summed E-state index contributed by atoms with van der Waals surface area (Å²) in [6.07, 6.45) is -26.2. The summed E-state index contributed by atoms with van der Waals surface area (Å²) in [7, 11) is 0. The first-order chi connectivity index (χ1) is 16.7. The second-order valence-corrected chi connectivity index (χ2v) is 7.60. The molecule has 1 aromatic rings. The van der Waals surface area contributed by atoms with Crippen molar-refractivity contribution < 1.29 is 97.3 Å². The van der Waals surface area contributed by atoms with E-state index in [0.717, 1.165) is 0 Å². The summed E-state index contributed by atoms with van der Waals surface area (Å²) in [6.45, 7) is -0.256. The van der Waals surface area contributed by atoms with Crippen LogP contribution >= 0.6 is 0 Å². The Kier molecular flexibility index (Phi) is 8.12. The molecular weight excluding hydrogens is 619 g/mol. The lowest BCUT2D eigenvalue weighted by Crippen LogP contribution is -2.53. The van der Waals surface area contributed by atoms with E-state index in [9.17, 15) is 97.3 Å². The number of hydrogen-bond donors (Lipinski definition) is 1. The van der Waals surface area contributed by atoms with Crippen molar-refractivity contribution in [3.63, 3.8) is 0 Å². The standard InChI is InChI=1S/C17H7F21O/c1-4(39)8-6(10(20,21)13(26,27)16(33,34)35)2-5(9(18,19)12(24,25)15(30,31)32)3-7(8)11(22,23)14(28,29)17(36,37)38/h2-4,39H,1H3. The maximum absolute atomic E-state index is 14.4. The van der Waals surface area contributed by atoms with Crippen LogP contribution in [0.4, 0.5) is 92.2 Å². The van der Waals surface area contributed by atoms with Gasteiger partial charge in [-0.05, 0) is 24.6 Å². The van der Waals surface area contributed by atoms with Crippen molar-refractivity contribution >= 4 is 0 Å². The normalized spacial score (nSPS) is 16.5. The van der Waals surface area contributed by atoms with Crippen LogP contribution in [0, 0.1) is 0 Å². The Balaban J connectivity index is 4.56. The average Bonchev–Trinajstić information content (AvgIpc) is 2.69. The van der Waals surface area contributed by atoms with Gasteiger partial charge in [0.2, 0.25) is 0 Å². The Bertz CT molecular complexity index is 997. The molecule has 0 aliphatic rings. The third kappa shape index (κ3) is 5.04. The molecule has 228 valence electrons. The minimum atomic E-state index is -7.68. The number of benzene rings is 1. The van der Waals surface area contributed by atoms with Crippen molar-refractivity contribution in [2.75, 3.05) is 0 Å². The number of rotatable bonds is 7. The summed E-state index contributed by atoms with van der Waals surface area (Å²) >= 11 is 0. The molecule has 1 nitrogen and oxygen atoms in total. The Morgan fingerprint density at radius 1 is 0.462 bits per heavy atom. The molecule has 0 amide bonds. The first-order valence-corrected chi connectivity index (χ1v) is 9.00. The van der Waals surface area contributed by atoms with Gasteiger partial charge in [0.1, 0.15) is 0 Å². The molecule has 0 aliphatic heterocycles. The van der Waals surface area contributed by atoms with E-state index in [1.165, 1.54) is 0 Å². The van der Waals surface area contributed by atoms with E-state index in [0.29, 0.717) is 0 Å². The zero-order chi connectivity index (χ0) is 31.8. The highest BCUT2D eigenvalue weighted by Crippen LogP contribution is 2.60. The van der Waals surface area contributed by atoms with Gasteiger partial charge in [-0.15, -0.1) is 0 Å². The molecule has 0 saturated carbocycles. The van der Waals surface area contributed by atoms with E-state index >= 15 is 0 Å². The quantitative estimate of drug-likeness (QED) is 0.301. The number of hydrogen-bond acceptors (Lipinski definition) is 1. The van der Waals surface area contributed by atoms with E-state index in [-0.39, 0.29) is 6.92 Å². The molecule has 0 aromatic heterocycles. The molecule has 0 radical (unpaired) electrons. The van der Waals surface area contributed by atoms with Gasteiger partial charge < -0.3 is 5.11 Å². The van der Waals surface area contributed by atoms with E-state index < -0.39 is 94.6 Å². The van der Waals surface area contributed by atoms with Gasteiger partial charge in [0.25, 0.3) is 0 Å². The van der Waals surface area contributed by atoms with Crippen molar-refractivity contribution in [1.29, 1.82) is 0 Å². The van der Waals surface area contributed by atoms with Gasteiger partial charge in [-0.3, -0.25) is 0 Å². The third-order valence-electron chi connectivity index (χ3n) is 4.89. The fourth-order valence-corrected chi connectivity index (χ4v) is 2.86. The largest absolute Gasteiger partial charge is 0.460 e. The molecule has 0 saturated heterocycles. The Morgan fingerprint density at radius 3 is 0.897 bits per heavy atom. The number of halogens is 21. The van der Waals surface area contributed by atoms with Crippen LogP contribution in [-0.2, 0) is 17.8 Å². The minimum absolute atomic E-state index is 0.256. The predicted octanol–water partition coefficient (Wildman–Crippen LogP) is 8.61. The topological polar surface area (TPSA) is 20.2 Å². The molecule has 39 heavy (non-hydrogen) atoms. The summed E-state index contributed by atoms with van der Waals surface area (Å²) < 4.78 is 280. The molecule has 0 heterocycles. The summed E-state index contributed by atoms with van der Waals surface area (Å²) in [5.74, 6) is -45.0. The zero-order valence-corrected chi connectivity index (χ0v) is 17.6. The van der Waals surface area contributed by atoms with E-state index in [1.807, 2.05) is 0 Å². The first-order valence-electron chi connectivity index (χ1n) is 9.00. The monoisotopic (exact) mass is 626 g/mol. The SMILES string of the molecule is CC(O)c1c(C(F)(F)C(F)(F)C(F)(F)F)cc(C(F)(F)C(F)(F)C(F)(F)F)cc1C(F)(F)C(F)(F)C(F)(F)F. The lowest BCUT2D eigenvalue weighted by molar-refractivity contribution is -0.363. The third-order valence-corrected chi connectivity index (χ3v) is 4.89. The van der Waals surface area contributed by atoms with Gasteiger partial charge in [-0.2, -0.15) is 92.2 Å². The van der Waals surface area contributed by atoms with E-state index in [1.54, 1.807) is 0 Å². The molecule has 0 spiro atoms. The maximum atomic E-state index is 14.4. The lowest BCUT2D eigenvalue weighted by Gasteiger charge is -2.36. The molecule has 0 aliphatic carbocycles. The first kappa shape index (κ1) is 34.7. The highest BCUT2D eigenvalue weighted by atomic mass is 19.4. The lowest BCUT2D eigenvalue weighted by atomic mass is 9.83. The van der Waals surface area contributed by atoms with Crippen LogP contribution in [0.1, 0.15) is 35.3 Å². The summed E-state index contributed by atoms with van der Waals surface area (Å²) in [4.78, 5) is 0. The van der Waals surface area contributed by atoms with Gasteiger partial charge in [0, 0.05) is 16.7 Å². The van der Waals surface area contributed by atoms with Crippen LogP contribution in [0.3, 0.4) is 0 Å². The average molecular weight is 626 g/mol. The fraction of sp³-hybridized carbons (Fsp3) is 0.647. The number of alkyl halides is 21. The summed E-state index contributed by atoms with van der Waals surface area (Å²) in [5, 5.41) is 9.40. The predicted molar refractivity (Wildman–Crippen MR) is 81.8 cm³/mol. The smallest absolute Gasteiger partial charge is 0.389 e. The molecule has 1 unspecified atom stereocenters.